The summed E-state index contributed by atoms with van der Waals surface area (Å²) in [6, 6.07) is 11.1. The van der Waals surface area contributed by atoms with Crippen molar-refractivity contribution in [3.05, 3.63) is 53.1 Å². The van der Waals surface area contributed by atoms with Gasteiger partial charge < -0.3 is 14.2 Å². The van der Waals surface area contributed by atoms with Gasteiger partial charge in [0.15, 0.2) is 0 Å². The van der Waals surface area contributed by atoms with Gasteiger partial charge in [-0.15, -0.1) is 0 Å². The Bertz CT molecular complexity index is 867. The van der Waals surface area contributed by atoms with E-state index in [2.05, 4.69) is 5.32 Å². The topological polar surface area (TPSA) is 64.6 Å². The summed E-state index contributed by atoms with van der Waals surface area (Å²) in [5, 5.41) is 3.78. The van der Waals surface area contributed by atoms with E-state index in [0.717, 1.165) is 25.1 Å². The van der Waals surface area contributed by atoms with Gasteiger partial charge in [-0.05, 0) is 43.3 Å². The van der Waals surface area contributed by atoms with Gasteiger partial charge in [-0.1, -0.05) is 17.7 Å². The molecule has 2 aliphatic rings. The lowest BCUT2D eigenvalue weighted by atomic mass is 9.90. The van der Waals surface area contributed by atoms with E-state index < -0.39 is 10.1 Å². The van der Waals surface area contributed by atoms with Crippen molar-refractivity contribution in [2.45, 2.75) is 23.3 Å². The quantitative estimate of drug-likeness (QED) is 0.847. The van der Waals surface area contributed by atoms with Crippen LogP contribution in [0.15, 0.2) is 47.4 Å². The van der Waals surface area contributed by atoms with Crippen molar-refractivity contribution in [1.29, 1.82) is 0 Å². The number of hydrogen-bond acceptors (Lipinski definition) is 5. The number of fused-ring (bicyclic) bond motifs is 3. The van der Waals surface area contributed by atoms with Crippen LogP contribution in [0.25, 0.3) is 0 Å². The maximum Gasteiger partial charge on any atom is 0.339 e. The molecule has 2 heterocycles. The normalized spacial score (nSPS) is 22.4. The van der Waals surface area contributed by atoms with Crippen molar-refractivity contribution in [3.63, 3.8) is 0 Å². The van der Waals surface area contributed by atoms with Crippen LogP contribution in [0.2, 0.25) is 5.02 Å². The third-order valence-corrected chi connectivity index (χ3v) is 5.91. The van der Waals surface area contributed by atoms with Crippen molar-refractivity contribution in [3.8, 4) is 11.5 Å². The zero-order valence-corrected chi connectivity index (χ0v) is 14.3. The molecule has 0 aliphatic carbocycles. The molecule has 2 aromatic carbocycles. The van der Waals surface area contributed by atoms with Crippen LogP contribution in [-0.4, -0.2) is 27.6 Å². The van der Waals surface area contributed by atoms with E-state index in [1.54, 1.807) is 12.1 Å². The molecule has 24 heavy (non-hydrogen) atoms. The van der Waals surface area contributed by atoms with Crippen LogP contribution in [0.1, 0.15) is 17.9 Å². The Labute approximate surface area is 145 Å². The lowest BCUT2D eigenvalue weighted by molar-refractivity contribution is 0.176. The average molecular weight is 366 g/mol. The average Bonchev–Trinajstić information content (AvgIpc) is 2.92. The minimum Gasteiger partial charge on any atom is -0.488 e. The number of rotatable bonds is 3. The number of ether oxygens (including phenoxy) is 1. The Morgan fingerprint density at radius 3 is 2.75 bits per heavy atom. The molecule has 0 saturated carbocycles. The molecule has 0 amide bonds. The van der Waals surface area contributed by atoms with E-state index in [1.165, 1.54) is 24.3 Å². The summed E-state index contributed by atoms with van der Waals surface area (Å²) >= 11 is 5.79. The molecule has 7 heteroatoms. The van der Waals surface area contributed by atoms with E-state index in [0.29, 0.717) is 16.7 Å². The summed E-state index contributed by atoms with van der Waals surface area (Å²) in [6.45, 7) is 1.77. The first-order valence-electron chi connectivity index (χ1n) is 7.74. The molecule has 0 radical (unpaired) electrons. The van der Waals surface area contributed by atoms with Gasteiger partial charge in [-0.2, -0.15) is 8.42 Å². The summed E-state index contributed by atoms with van der Waals surface area (Å²) in [5.41, 5.74) is 1.12. The molecule has 1 saturated heterocycles. The third-order valence-electron chi connectivity index (χ3n) is 4.40. The van der Waals surface area contributed by atoms with Crippen LogP contribution in [0.3, 0.4) is 0 Å². The molecule has 1 N–H and O–H groups in total. The van der Waals surface area contributed by atoms with Gasteiger partial charge in [0.05, 0.1) is 0 Å². The van der Waals surface area contributed by atoms with E-state index in [1.807, 2.05) is 6.07 Å². The van der Waals surface area contributed by atoms with E-state index in [-0.39, 0.29) is 16.7 Å². The fraction of sp³-hybridized carbons (Fsp3) is 0.294. The lowest BCUT2D eigenvalue weighted by Gasteiger charge is -2.24. The predicted octanol–water partition coefficient (Wildman–Crippen LogP) is 2.95. The van der Waals surface area contributed by atoms with Gasteiger partial charge in [0.1, 0.15) is 22.5 Å². The summed E-state index contributed by atoms with van der Waals surface area (Å²) in [6.07, 6.45) is 1.12. The number of nitrogens with one attached hydrogen (secondary N) is 1. The maximum atomic E-state index is 12.3. The Kier molecular flexibility index (Phi) is 3.90. The minimum absolute atomic E-state index is 0.0613. The zero-order valence-electron chi connectivity index (χ0n) is 12.7. The van der Waals surface area contributed by atoms with Crippen molar-refractivity contribution in [2.24, 2.45) is 0 Å². The second-order valence-corrected chi connectivity index (χ2v) is 7.93. The second-order valence-electron chi connectivity index (χ2n) is 5.95. The van der Waals surface area contributed by atoms with E-state index in [9.17, 15) is 8.42 Å². The van der Waals surface area contributed by atoms with Crippen LogP contribution >= 0.6 is 11.6 Å². The summed E-state index contributed by atoms with van der Waals surface area (Å²) < 4.78 is 35.9. The van der Waals surface area contributed by atoms with Crippen molar-refractivity contribution < 1.29 is 17.3 Å². The number of hydrogen-bond donors (Lipinski definition) is 1. The standard InChI is InChI=1S/C17H16ClNO4S/c18-11-1-4-13(5-2-11)24(20,21)23-12-3-6-14-15-7-8-19-10-17(15)22-16(14)9-12/h1-6,9,15,17,19H,7-8,10H2. The SMILES string of the molecule is O=S(=O)(Oc1ccc2c(c1)OC1CNCCC21)c1ccc(Cl)cc1. The molecule has 2 aliphatic heterocycles. The number of halogens is 1. The first-order valence-corrected chi connectivity index (χ1v) is 9.53. The molecular weight excluding hydrogens is 350 g/mol. The van der Waals surface area contributed by atoms with Gasteiger partial charge in [-0.25, -0.2) is 0 Å². The van der Waals surface area contributed by atoms with Crippen molar-refractivity contribution in [2.75, 3.05) is 13.1 Å². The molecule has 5 nitrogen and oxygen atoms in total. The molecular formula is C17H16ClNO4S. The minimum atomic E-state index is -3.90. The predicted molar refractivity (Wildman–Crippen MR) is 90.4 cm³/mol. The highest BCUT2D eigenvalue weighted by Gasteiger charge is 2.36. The molecule has 2 unspecified atom stereocenters. The fourth-order valence-corrected chi connectivity index (χ4v) is 4.27. The molecule has 2 atom stereocenters. The van der Waals surface area contributed by atoms with Gasteiger partial charge in [0.2, 0.25) is 0 Å². The first-order chi connectivity index (χ1) is 11.5. The van der Waals surface area contributed by atoms with Crippen LogP contribution in [0.4, 0.5) is 0 Å². The highest BCUT2D eigenvalue weighted by molar-refractivity contribution is 7.87. The van der Waals surface area contributed by atoms with Gasteiger partial charge >= 0.3 is 10.1 Å². The molecule has 1 fully saturated rings. The van der Waals surface area contributed by atoms with Gasteiger partial charge in [0.25, 0.3) is 0 Å². The first kappa shape index (κ1) is 15.7. The van der Waals surface area contributed by atoms with Crippen LogP contribution in [0, 0.1) is 0 Å². The summed E-state index contributed by atoms with van der Waals surface area (Å²) in [4.78, 5) is 0.0613. The Morgan fingerprint density at radius 2 is 1.96 bits per heavy atom. The van der Waals surface area contributed by atoms with Crippen molar-refractivity contribution in [1.82, 2.24) is 5.32 Å². The summed E-state index contributed by atoms with van der Waals surface area (Å²) in [5.74, 6) is 1.32. The highest BCUT2D eigenvalue weighted by atomic mass is 35.5. The smallest absolute Gasteiger partial charge is 0.339 e. The molecule has 0 spiro atoms. The molecule has 4 rings (SSSR count). The lowest BCUT2D eigenvalue weighted by Crippen LogP contribution is -2.39. The second kappa shape index (κ2) is 5.95. The Balaban J connectivity index is 1.59. The van der Waals surface area contributed by atoms with Crippen LogP contribution in [-0.2, 0) is 10.1 Å². The maximum absolute atomic E-state index is 12.3. The van der Waals surface area contributed by atoms with Gasteiger partial charge in [0, 0.05) is 29.1 Å². The van der Waals surface area contributed by atoms with Gasteiger partial charge in [-0.3, -0.25) is 0 Å². The monoisotopic (exact) mass is 365 g/mol. The molecule has 0 aromatic heterocycles. The van der Waals surface area contributed by atoms with E-state index in [4.69, 9.17) is 20.5 Å². The van der Waals surface area contributed by atoms with Crippen molar-refractivity contribution >= 4 is 21.7 Å². The summed E-state index contributed by atoms with van der Waals surface area (Å²) in [7, 11) is -3.90. The largest absolute Gasteiger partial charge is 0.488 e. The molecule has 2 aromatic rings. The molecule has 0 bridgehead atoms. The molecule has 126 valence electrons. The Hall–Kier alpha value is -1.76. The Morgan fingerprint density at radius 1 is 1.17 bits per heavy atom. The fourth-order valence-electron chi connectivity index (χ4n) is 3.22. The highest BCUT2D eigenvalue weighted by Crippen LogP contribution is 2.43. The van der Waals surface area contributed by atoms with Crippen LogP contribution < -0.4 is 14.2 Å². The number of piperidine rings is 1. The van der Waals surface area contributed by atoms with E-state index >= 15 is 0 Å². The third kappa shape index (κ3) is 2.85. The van der Waals surface area contributed by atoms with Crippen LogP contribution in [0.5, 0.6) is 11.5 Å². The number of benzene rings is 2. The zero-order chi connectivity index (χ0) is 16.7.